The molecular formula is C30H33N3. The fourth-order valence-electron chi connectivity index (χ4n) is 4.19. The van der Waals surface area contributed by atoms with Gasteiger partial charge in [-0.25, -0.2) is 0 Å². The van der Waals surface area contributed by atoms with Gasteiger partial charge < -0.3 is 14.7 Å². The standard InChI is InChI=1S/C30H33N3/c1-31(28-13-7-4-8-14-28)22-25-19-20-26(23-32(2)29-15-9-5-10-16-29)27(21-25)24-33(3)30-17-11-6-12-18-30/h4-21H,22-24H2,1-3H3. The molecular weight excluding hydrogens is 402 g/mol. The monoisotopic (exact) mass is 435 g/mol. The Balaban J connectivity index is 1.59. The van der Waals surface area contributed by atoms with E-state index >= 15 is 0 Å². The maximum absolute atomic E-state index is 2.38. The van der Waals surface area contributed by atoms with Gasteiger partial charge in [0.1, 0.15) is 0 Å². The van der Waals surface area contributed by atoms with Gasteiger partial charge in [-0.2, -0.15) is 0 Å². The van der Waals surface area contributed by atoms with E-state index in [2.05, 4.69) is 145 Å². The first-order valence-electron chi connectivity index (χ1n) is 11.5. The van der Waals surface area contributed by atoms with Crippen molar-refractivity contribution >= 4 is 17.1 Å². The number of anilines is 3. The van der Waals surface area contributed by atoms with Crippen LogP contribution in [0.15, 0.2) is 109 Å². The van der Waals surface area contributed by atoms with Gasteiger partial charge in [-0.15, -0.1) is 0 Å². The number of para-hydroxylation sites is 3. The lowest BCUT2D eigenvalue weighted by atomic mass is 10.0. The summed E-state index contributed by atoms with van der Waals surface area (Å²) < 4.78 is 0. The summed E-state index contributed by atoms with van der Waals surface area (Å²) in [5.41, 5.74) is 7.73. The van der Waals surface area contributed by atoms with E-state index in [1.54, 1.807) is 0 Å². The zero-order valence-corrected chi connectivity index (χ0v) is 19.9. The van der Waals surface area contributed by atoms with Crippen molar-refractivity contribution in [3.8, 4) is 0 Å². The van der Waals surface area contributed by atoms with Crippen molar-refractivity contribution in [1.82, 2.24) is 0 Å². The van der Waals surface area contributed by atoms with Crippen molar-refractivity contribution in [3.05, 3.63) is 126 Å². The van der Waals surface area contributed by atoms with E-state index in [4.69, 9.17) is 0 Å². The first-order chi connectivity index (χ1) is 16.1. The molecule has 0 aliphatic heterocycles. The van der Waals surface area contributed by atoms with Crippen LogP contribution in [0.25, 0.3) is 0 Å². The van der Waals surface area contributed by atoms with E-state index < -0.39 is 0 Å². The summed E-state index contributed by atoms with van der Waals surface area (Å²) in [6, 6.07) is 38.7. The maximum Gasteiger partial charge on any atom is 0.0429 e. The number of rotatable bonds is 9. The third-order valence-corrected chi connectivity index (χ3v) is 6.10. The Morgan fingerprint density at radius 1 is 0.424 bits per heavy atom. The Kier molecular flexibility index (Phi) is 7.31. The minimum absolute atomic E-state index is 0.866. The molecule has 0 aliphatic carbocycles. The van der Waals surface area contributed by atoms with E-state index in [1.807, 2.05) is 0 Å². The minimum atomic E-state index is 0.866. The van der Waals surface area contributed by atoms with Gasteiger partial charge >= 0.3 is 0 Å². The van der Waals surface area contributed by atoms with Crippen LogP contribution in [0.2, 0.25) is 0 Å². The average molecular weight is 436 g/mol. The van der Waals surface area contributed by atoms with Crippen molar-refractivity contribution in [2.75, 3.05) is 35.8 Å². The second-order valence-corrected chi connectivity index (χ2v) is 8.68. The van der Waals surface area contributed by atoms with Crippen LogP contribution in [0.4, 0.5) is 17.1 Å². The molecule has 0 radical (unpaired) electrons. The fourth-order valence-corrected chi connectivity index (χ4v) is 4.19. The summed E-state index contributed by atoms with van der Waals surface area (Å²) >= 11 is 0. The summed E-state index contributed by atoms with van der Waals surface area (Å²) in [5.74, 6) is 0. The highest BCUT2D eigenvalue weighted by Gasteiger charge is 2.12. The third-order valence-electron chi connectivity index (χ3n) is 6.10. The Labute approximate surface area is 198 Å². The highest BCUT2D eigenvalue weighted by Crippen LogP contribution is 2.23. The molecule has 0 amide bonds. The molecule has 0 bridgehead atoms. The number of hydrogen-bond donors (Lipinski definition) is 0. The van der Waals surface area contributed by atoms with E-state index in [-0.39, 0.29) is 0 Å². The summed E-state index contributed by atoms with van der Waals surface area (Å²) in [4.78, 5) is 6.94. The molecule has 33 heavy (non-hydrogen) atoms. The molecule has 168 valence electrons. The molecule has 0 N–H and O–H groups in total. The second kappa shape index (κ2) is 10.7. The molecule has 0 atom stereocenters. The topological polar surface area (TPSA) is 9.72 Å². The zero-order valence-electron chi connectivity index (χ0n) is 19.9. The van der Waals surface area contributed by atoms with Crippen LogP contribution in [0.5, 0.6) is 0 Å². The summed E-state index contributed by atoms with van der Waals surface area (Å²) in [7, 11) is 6.49. The normalized spacial score (nSPS) is 10.6. The molecule has 0 heterocycles. The van der Waals surface area contributed by atoms with Crippen LogP contribution in [0.1, 0.15) is 16.7 Å². The highest BCUT2D eigenvalue weighted by molar-refractivity contribution is 5.50. The average Bonchev–Trinajstić information content (AvgIpc) is 2.87. The summed E-state index contributed by atoms with van der Waals surface area (Å²) in [6.45, 7) is 2.61. The summed E-state index contributed by atoms with van der Waals surface area (Å²) in [6.07, 6.45) is 0. The predicted molar refractivity (Wildman–Crippen MR) is 142 cm³/mol. The van der Waals surface area contributed by atoms with Crippen LogP contribution in [-0.2, 0) is 19.6 Å². The Hall–Kier alpha value is -3.72. The quantitative estimate of drug-likeness (QED) is 0.293. The number of benzene rings is 4. The van der Waals surface area contributed by atoms with Crippen molar-refractivity contribution in [1.29, 1.82) is 0 Å². The van der Waals surface area contributed by atoms with Gasteiger partial charge in [-0.05, 0) is 53.1 Å². The molecule has 0 saturated carbocycles. The molecule has 4 aromatic rings. The lowest BCUT2D eigenvalue weighted by molar-refractivity contribution is 0.853. The molecule has 3 nitrogen and oxygen atoms in total. The molecule has 0 aromatic heterocycles. The fraction of sp³-hybridized carbons (Fsp3) is 0.200. The van der Waals surface area contributed by atoms with Crippen molar-refractivity contribution < 1.29 is 0 Å². The van der Waals surface area contributed by atoms with Crippen LogP contribution < -0.4 is 14.7 Å². The van der Waals surface area contributed by atoms with Crippen LogP contribution in [0, 0.1) is 0 Å². The Morgan fingerprint density at radius 2 is 0.818 bits per heavy atom. The smallest absolute Gasteiger partial charge is 0.0429 e. The van der Waals surface area contributed by atoms with Gasteiger partial charge in [-0.3, -0.25) is 0 Å². The lowest BCUT2D eigenvalue weighted by Gasteiger charge is -2.26. The molecule has 3 heteroatoms. The van der Waals surface area contributed by atoms with Gasteiger partial charge in [0.2, 0.25) is 0 Å². The van der Waals surface area contributed by atoms with Gasteiger partial charge in [-0.1, -0.05) is 72.8 Å². The molecule has 4 aromatic carbocycles. The zero-order chi connectivity index (χ0) is 23.0. The Morgan fingerprint density at radius 3 is 1.27 bits per heavy atom. The van der Waals surface area contributed by atoms with Crippen LogP contribution >= 0.6 is 0 Å². The van der Waals surface area contributed by atoms with E-state index in [0.29, 0.717) is 0 Å². The minimum Gasteiger partial charge on any atom is -0.370 e. The lowest BCUT2D eigenvalue weighted by Crippen LogP contribution is -2.22. The Bertz CT molecular complexity index is 1130. The van der Waals surface area contributed by atoms with E-state index in [9.17, 15) is 0 Å². The molecule has 0 fully saturated rings. The van der Waals surface area contributed by atoms with Gasteiger partial charge in [0.05, 0.1) is 0 Å². The number of hydrogen-bond acceptors (Lipinski definition) is 3. The maximum atomic E-state index is 2.38. The number of nitrogens with zero attached hydrogens (tertiary/aromatic N) is 3. The summed E-state index contributed by atoms with van der Waals surface area (Å²) in [5, 5.41) is 0. The molecule has 0 aliphatic rings. The second-order valence-electron chi connectivity index (χ2n) is 8.68. The van der Waals surface area contributed by atoms with Crippen LogP contribution in [-0.4, -0.2) is 21.1 Å². The first-order valence-corrected chi connectivity index (χ1v) is 11.5. The molecule has 0 unspecified atom stereocenters. The van der Waals surface area contributed by atoms with Crippen molar-refractivity contribution in [2.24, 2.45) is 0 Å². The first kappa shape index (κ1) is 22.5. The van der Waals surface area contributed by atoms with Gasteiger partial charge in [0, 0.05) is 57.8 Å². The largest absolute Gasteiger partial charge is 0.370 e. The molecule has 0 spiro atoms. The van der Waals surface area contributed by atoms with Gasteiger partial charge in [0.15, 0.2) is 0 Å². The van der Waals surface area contributed by atoms with E-state index in [1.165, 1.54) is 33.8 Å². The SMILES string of the molecule is CN(Cc1ccc(CN(C)c2ccccc2)c(CN(C)c2ccccc2)c1)c1ccccc1. The van der Waals surface area contributed by atoms with Crippen molar-refractivity contribution in [2.45, 2.75) is 19.6 Å². The van der Waals surface area contributed by atoms with Crippen LogP contribution in [0.3, 0.4) is 0 Å². The highest BCUT2D eigenvalue weighted by atomic mass is 15.1. The molecule has 4 rings (SSSR count). The predicted octanol–water partition coefficient (Wildman–Crippen LogP) is 6.60. The van der Waals surface area contributed by atoms with Crippen molar-refractivity contribution in [3.63, 3.8) is 0 Å². The van der Waals surface area contributed by atoms with E-state index in [0.717, 1.165) is 19.6 Å². The third kappa shape index (κ3) is 5.95. The molecule has 0 saturated heterocycles. The van der Waals surface area contributed by atoms with Gasteiger partial charge in [0.25, 0.3) is 0 Å².